The van der Waals surface area contributed by atoms with Gasteiger partial charge >= 0.3 is 11.9 Å². The highest BCUT2D eigenvalue weighted by Gasteiger charge is 2.58. The van der Waals surface area contributed by atoms with E-state index in [2.05, 4.69) is 11.0 Å². The van der Waals surface area contributed by atoms with E-state index in [9.17, 15) is 19.8 Å². The molecule has 3 heterocycles. The summed E-state index contributed by atoms with van der Waals surface area (Å²) in [6.07, 6.45) is 4.95. The van der Waals surface area contributed by atoms with E-state index in [0.29, 0.717) is 30.1 Å². The topological polar surface area (TPSA) is 124 Å². The second-order valence-corrected chi connectivity index (χ2v) is 12.1. The van der Waals surface area contributed by atoms with Crippen LogP contribution in [0.1, 0.15) is 75.8 Å². The fourth-order valence-corrected chi connectivity index (χ4v) is 6.91. The van der Waals surface area contributed by atoms with E-state index >= 15 is 0 Å². The molecule has 0 saturated carbocycles. The number of aliphatic hydroxyl groups is 2. The molecule has 1 fully saturated rings. The molecule has 0 unspecified atom stereocenters. The fraction of sp³-hybridized carbons (Fsp3) is 0.667. The Kier molecular flexibility index (Phi) is 7.80. The van der Waals surface area contributed by atoms with Gasteiger partial charge in [-0.1, -0.05) is 0 Å². The van der Waals surface area contributed by atoms with E-state index in [-0.39, 0.29) is 19.1 Å². The number of ether oxygens (including phenoxy) is 5. The number of fused-ring (bicyclic) bond motifs is 3. The molecule has 0 aromatic heterocycles. The van der Waals surface area contributed by atoms with Crippen LogP contribution in [0.4, 0.5) is 0 Å². The van der Waals surface area contributed by atoms with Crippen molar-refractivity contribution in [3.05, 3.63) is 35.1 Å². The van der Waals surface area contributed by atoms with Gasteiger partial charge in [-0.2, -0.15) is 0 Å². The molecule has 1 aromatic carbocycles. The monoisotopic (exact) mass is 559 g/mol. The third kappa shape index (κ3) is 5.29. The SMILES string of the molecule is COC(=O)C[C@@](O)(CCCC(C)(C)O)C(=O)O[C@H]1C(OC)=C[C@@]23CCCN2CCCc2cc4c(cc2[C@@H]13)OCO4. The average molecular weight is 560 g/mol. The van der Waals surface area contributed by atoms with Crippen molar-refractivity contribution in [3.8, 4) is 11.5 Å². The summed E-state index contributed by atoms with van der Waals surface area (Å²) in [6.45, 7) is 5.29. The number of esters is 2. The summed E-state index contributed by atoms with van der Waals surface area (Å²) in [5, 5.41) is 21.7. The molecule has 4 aliphatic rings. The Labute approximate surface area is 235 Å². The number of hydrogen-bond acceptors (Lipinski definition) is 10. The van der Waals surface area contributed by atoms with Gasteiger partial charge in [0.15, 0.2) is 23.2 Å². The maximum absolute atomic E-state index is 13.8. The van der Waals surface area contributed by atoms with Crippen molar-refractivity contribution < 1.29 is 43.5 Å². The third-order valence-corrected chi connectivity index (χ3v) is 8.84. The lowest BCUT2D eigenvalue weighted by Crippen LogP contribution is -2.51. The summed E-state index contributed by atoms with van der Waals surface area (Å²) in [7, 11) is 2.77. The van der Waals surface area contributed by atoms with Crippen LogP contribution in [-0.4, -0.2) is 84.0 Å². The summed E-state index contributed by atoms with van der Waals surface area (Å²) < 4.78 is 28.3. The molecular formula is C30H41NO9. The van der Waals surface area contributed by atoms with Crippen molar-refractivity contribution in [3.63, 3.8) is 0 Å². The lowest BCUT2D eigenvalue weighted by molar-refractivity contribution is -0.178. The first-order valence-corrected chi connectivity index (χ1v) is 14.2. The van der Waals surface area contributed by atoms with Crippen LogP contribution in [0, 0.1) is 0 Å². The molecule has 10 heteroatoms. The summed E-state index contributed by atoms with van der Waals surface area (Å²) in [4.78, 5) is 28.6. The molecule has 1 aliphatic carbocycles. The first kappa shape index (κ1) is 28.7. The predicted molar refractivity (Wildman–Crippen MR) is 144 cm³/mol. The van der Waals surface area contributed by atoms with E-state index in [4.69, 9.17) is 23.7 Å². The van der Waals surface area contributed by atoms with Gasteiger partial charge in [0, 0.05) is 0 Å². The Morgan fingerprint density at radius 2 is 1.82 bits per heavy atom. The normalized spacial score (nSPS) is 26.9. The second-order valence-electron chi connectivity index (χ2n) is 12.1. The van der Waals surface area contributed by atoms with E-state index in [1.807, 2.05) is 12.1 Å². The zero-order valence-corrected chi connectivity index (χ0v) is 23.9. The Balaban J connectivity index is 1.52. The maximum Gasteiger partial charge on any atom is 0.339 e. The molecule has 0 bridgehead atoms. The van der Waals surface area contributed by atoms with Gasteiger partial charge in [-0.25, -0.2) is 4.79 Å². The highest BCUT2D eigenvalue weighted by molar-refractivity contribution is 5.86. The van der Waals surface area contributed by atoms with Gasteiger partial charge in [-0.05, 0) is 101 Å². The number of carbonyl (C=O) groups is 2. The van der Waals surface area contributed by atoms with Crippen LogP contribution in [0.5, 0.6) is 11.5 Å². The smallest absolute Gasteiger partial charge is 0.339 e. The number of nitrogens with zero attached hydrogens (tertiary/aromatic N) is 1. The predicted octanol–water partition coefficient (Wildman–Crippen LogP) is 2.97. The van der Waals surface area contributed by atoms with Crippen LogP contribution in [0.3, 0.4) is 0 Å². The molecule has 220 valence electrons. The van der Waals surface area contributed by atoms with Crippen molar-refractivity contribution in [2.24, 2.45) is 0 Å². The number of aryl methyl sites for hydroxylation is 1. The van der Waals surface area contributed by atoms with Gasteiger partial charge in [-0.3, -0.25) is 9.69 Å². The maximum atomic E-state index is 13.8. The third-order valence-electron chi connectivity index (χ3n) is 8.84. The van der Waals surface area contributed by atoms with Crippen molar-refractivity contribution in [1.29, 1.82) is 0 Å². The van der Waals surface area contributed by atoms with Gasteiger partial charge < -0.3 is 33.9 Å². The molecule has 5 rings (SSSR count). The molecule has 40 heavy (non-hydrogen) atoms. The van der Waals surface area contributed by atoms with E-state index in [1.54, 1.807) is 21.0 Å². The van der Waals surface area contributed by atoms with Crippen molar-refractivity contribution in [2.75, 3.05) is 34.1 Å². The zero-order valence-electron chi connectivity index (χ0n) is 23.9. The van der Waals surface area contributed by atoms with E-state index < -0.39 is 41.2 Å². The first-order chi connectivity index (χ1) is 19.0. The summed E-state index contributed by atoms with van der Waals surface area (Å²) >= 11 is 0. The molecule has 3 aliphatic heterocycles. The average Bonchev–Trinajstić information content (AvgIpc) is 3.59. The summed E-state index contributed by atoms with van der Waals surface area (Å²) in [6, 6.07) is 4.03. The Bertz CT molecular complexity index is 1170. The summed E-state index contributed by atoms with van der Waals surface area (Å²) in [5.74, 6) is -0.0529. The Morgan fingerprint density at radius 1 is 1.10 bits per heavy atom. The highest BCUT2D eigenvalue weighted by Crippen LogP contribution is 2.55. The van der Waals surface area contributed by atoms with Crippen LogP contribution in [0.15, 0.2) is 24.0 Å². The molecule has 0 radical (unpaired) electrons. The van der Waals surface area contributed by atoms with Crippen molar-refractivity contribution >= 4 is 11.9 Å². The standard InChI is InChI=1S/C30H41NO9/c1-28(2,34)9-6-11-30(35,17-24(32)37-4)27(33)40-26-23(36-3)16-29-10-7-13-31(29)12-5-8-19-14-21-22(39-18-38-21)15-20(19)25(26)29/h14-16,25-26,34-35H,5-13,17-18H2,1-4H3/t25-,26-,29+,30-/m0/s1. The van der Waals surface area contributed by atoms with Gasteiger partial charge in [0.25, 0.3) is 0 Å². The number of carbonyl (C=O) groups excluding carboxylic acids is 2. The molecule has 1 aromatic rings. The van der Waals surface area contributed by atoms with Crippen molar-refractivity contribution in [1.82, 2.24) is 4.90 Å². The number of hydrogen-bond donors (Lipinski definition) is 2. The minimum Gasteiger partial charge on any atom is -0.497 e. The quantitative estimate of drug-likeness (QED) is 0.437. The van der Waals surface area contributed by atoms with Crippen LogP contribution in [0.25, 0.3) is 0 Å². The Morgan fingerprint density at radius 3 is 2.52 bits per heavy atom. The number of benzene rings is 1. The first-order valence-electron chi connectivity index (χ1n) is 14.2. The molecule has 10 nitrogen and oxygen atoms in total. The fourth-order valence-electron chi connectivity index (χ4n) is 6.91. The molecule has 1 spiro atoms. The van der Waals surface area contributed by atoms with Crippen LogP contribution < -0.4 is 9.47 Å². The summed E-state index contributed by atoms with van der Waals surface area (Å²) in [5.41, 5.74) is -1.42. The molecular weight excluding hydrogens is 518 g/mol. The minimum atomic E-state index is -2.12. The van der Waals surface area contributed by atoms with Crippen LogP contribution >= 0.6 is 0 Å². The second kappa shape index (κ2) is 10.9. The molecule has 1 saturated heterocycles. The molecule has 4 atom stereocenters. The number of methoxy groups -OCH3 is 2. The molecule has 2 N–H and O–H groups in total. The zero-order chi connectivity index (χ0) is 28.7. The highest BCUT2D eigenvalue weighted by atomic mass is 16.7. The van der Waals surface area contributed by atoms with E-state index in [1.165, 1.54) is 7.11 Å². The minimum absolute atomic E-state index is 0.0686. The Hall–Kier alpha value is -2.82. The van der Waals surface area contributed by atoms with Gasteiger partial charge in [0.1, 0.15) is 5.76 Å². The van der Waals surface area contributed by atoms with E-state index in [0.717, 1.165) is 49.9 Å². The van der Waals surface area contributed by atoms with Gasteiger partial charge in [0.05, 0.1) is 37.7 Å². The van der Waals surface area contributed by atoms with Crippen LogP contribution in [0.2, 0.25) is 0 Å². The van der Waals surface area contributed by atoms with Gasteiger partial charge in [0.2, 0.25) is 6.79 Å². The van der Waals surface area contributed by atoms with Gasteiger partial charge in [-0.15, -0.1) is 0 Å². The van der Waals surface area contributed by atoms with Crippen molar-refractivity contribution in [2.45, 2.75) is 94.0 Å². The number of rotatable bonds is 9. The largest absolute Gasteiger partial charge is 0.497 e. The molecule has 0 amide bonds. The van der Waals surface area contributed by atoms with Crippen LogP contribution in [-0.2, 0) is 30.2 Å². The lowest BCUT2D eigenvalue weighted by Gasteiger charge is -2.43. The lowest BCUT2D eigenvalue weighted by atomic mass is 9.75.